The van der Waals surface area contributed by atoms with E-state index in [9.17, 15) is 10.2 Å². The SMILES string of the molecule is N#Cc1ccc([C@@H](O)[C@H](O)c2ccc(C#N)cc2)cc1. The van der Waals surface area contributed by atoms with Gasteiger partial charge in [-0.2, -0.15) is 10.5 Å². The number of aliphatic hydroxyl groups is 2. The minimum atomic E-state index is -1.09. The second kappa shape index (κ2) is 5.99. The van der Waals surface area contributed by atoms with Gasteiger partial charge in [0, 0.05) is 0 Å². The first-order chi connectivity index (χ1) is 9.65. The van der Waals surface area contributed by atoms with Crippen LogP contribution in [0.25, 0.3) is 0 Å². The molecule has 0 heterocycles. The van der Waals surface area contributed by atoms with Crippen molar-refractivity contribution in [3.05, 3.63) is 70.8 Å². The van der Waals surface area contributed by atoms with Crippen molar-refractivity contribution in [2.24, 2.45) is 0 Å². The second-order valence-electron chi connectivity index (χ2n) is 4.36. The standard InChI is InChI=1S/C16H12N2O2/c17-9-11-1-5-13(6-2-11)15(19)16(20)14-7-3-12(10-18)4-8-14/h1-8,15-16,19-20H/t15-,16-/m1/s1. The normalized spacial score (nSPS) is 13.0. The summed E-state index contributed by atoms with van der Waals surface area (Å²) in [6.45, 7) is 0. The maximum Gasteiger partial charge on any atom is 0.109 e. The van der Waals surface area contributed by atoms with Crippen LogP contribution in [-0.4, -0.2) is 10.2 Å². The van der Waals surface area contributed by atoms with Crippen LogP contribution in [0.15, 0.2) is 48.5 Å². The molecule has 2 rings (SSSR count). The molecule has 0 saturated carbocycles. The molecule has 0 fully saturated rings. The summed E-state index contributed by atoms with van der Waals surface area (Å²) in [6, 6.07) is 16.8. The number of aliphatic hydroxyl groups excluding tert-OH is 2. The highest BCUT2D eigenvalue weighted by Gasteiger charge is 2.20. The van der Waals surface area contributed by atoms with Gasteiger partial charge in [-0.25, -0.2) is 0 Å². The van der Waals surface area contributed by atoms with Crippen molar-refractivity contribution in [2.75, 3.05) is 0 Å². The largest absolute Gasteiger partial charge is 0.385 e. The first-order valence-corrected chi connectivity index (χ1v) is 6.02. The molecule has 2 aromatic rings. The fourth-order valence-electron chi connectivity index (χ4n) is 1.87. The Labute approximate surface area is 116 Å². The quantitative estimate of drug-likeness (QED) is 0.889. The minimum Gasteiger partial charge on any atom is -0.385 e. The summed E-state index contributed by atoms with van der Waals surface area (Å²) in [4.78, 5) is 0. The van der Waals surface area contributed by atoms with Gasteiger partial charge in [0.05, 0.1) is 23.3 Å². The lowest BCUT2D eigenvalue weighted by molar-refractivity contribution is 0.0172. The van der Waals surface area contributed by atoms with Crippen LogP contribution in [0.5, 0.6) is 0 Å². The molecule has 2 aromatic carbocycles. The Balaban J connectivity index is 2.20. The fourth-order valence-corrected chi connectivity index (χ4v) is 1.87. The molecule has 0 aliphatic carbocycles. The molecule has 98 valence electrons. The van der Waals surface area contributed by atoms with E-state index >= 15 is 0 Å². The molecule has 0 unspecified atom stereocenters. The molecule has 4 nitrogen and oxygen atoms in total. The third kappa shape index (κ3) is 2.84. The average Bonchev–Trinajstić information content (AvgIpc) is 2.53. The predicted octanol–water partition coefficient (Wildman–Crippen LogP) is 2.20. The summed E-state index contributed by atoms with van der Waals surface area (Å²) in [5, 5.41) is 37.7. The average molecular weight is 264 g/mol. The summed E-state index contributed by atoms with van der Waals surface area (Å²) >= 11 is 0. The molecular weight excluding hydrogens is 252 g/mol. The first-order valence-electron chi connectivity index (χ1n) is 6.02. The molecule has 0 amide bonds. The van der Waals surface area contributed by atoms with Crippen LogP contribution in [0.4, 0.5) is 0 Å². The molecule has 0 aliphatic rings. The van der Waals surface area contributed by atoms with E-state index in [-0.39, 0.29) is 0 Å². The molecule has 0 spiro atoms. The monoisotopic (exact) mass is 264 g/mol. The molecule has 2 N–H and O–H groups in total. The van der Waals surface area contributed by atoms with Gasteiger partial charge in [-0.05, 0) is 35.4 Å². The Kier molecular flexibility index (Phi) is 4.12. The number of benzene rings is 2. The number of nitrogens with zero attached hydrogens (tertiary/aromatic N) is 2. The van der Waals surface area contributed by atoms with Crippen LogP contribution in [-0.2, 0) is 0 Å². The van der Waals surface area contributed by atoms with E-state index in [4.69, 9.17) is 10.5 Å². The number of hydrogen-bond acceptors (Lipinski definition) is 4. The van der Waals surface area contributed by atoms with Crippen LogP contribution < -0.4 is 0 Å². The Bertz CT molecular complexity index is 602. The molecular formula is C16H12N2O2. The number of rotatable bonds is 3. The van der Waals surface area contributed by atoms with Gasteiger partial charge < -0.3 is 10.2 Å². The zero-order chi connectivity index (χ0) is 14.5. The van der Waals surface area contributed by atoms with Crippen molar-refractivity contribution in [1.29, 1.82) is 10.5 Å². The van der Waals surface area contributed by atoms with E-state index in [1.807, 2.05) is 12.1 Å². The van der Waals surface area contributed by atoms with Gasteiger partial charge in [0.15, 0.2) is 0 Å². The third-order valence-electron chi connectivity index (χ3n) is 3.06. The summed E-state index contributed by atoms with van der Waals surface area (Å²) in [7, 11) is 0. The second-order valence-corrected chi connectivity index (χ2v) is 4.36. The molecule has 2 atom stereocenters. The lowest BCUT2D eigenvalue weighted by atomic mass is 9.97. The van der Waals surface area contributed by atoms with Crippen LogP contribution >= 0.6 is 0 Å². The summed E-state index contributed by atoms with van der Waals surface area (Å²) in [5.74, 6) is 0. The van der Waals surface area contributed by atoms with Gasteiger partial charge in [-0.3, -0.25) is 0 Å². The van der Waals surface area contributed by atoms with Crippen molar-refractivity contribution in [3.63, 3.8) is 0 Å². The van der Waals surface area contributed by atoms with E-state index in [0.29, 0.717) is 22.3 Å². The van der Waals surface area contributed by atoms with E-state index in [1.54, 1.807) is 48.5 Å². The van der Waals surface area contributed by atoms with Crippen LogP contribution in [0.3, 0.4) is 0 Å². The fraction of sp³-hybridized carbons (Fsp3) is 0.125. The van der Waals surface area contributed by atoms with Crippen molar-refractivity contribution < 1.29 is 10.2 Å². The predicted molar refractivity (Wildman–Crippen MR) is 72.2 cm³/mol. The topological polar surface area (TPSA) is 88.0 Å². The highest BCUT2D eigenvalue weighted by molar-refractivity contribution is 5.35. The Morgan fingerprint density at radius 2 is 0.950 bits per heavy atom. The van der Waals surface area contributed by atoms with E-state index < -0.39 is 12.2 Å². The number of nitriles is 2. The smallest absolute Gasteiger partial charge is 0.109 e. The van der Waals surface area contributed by atoms with Crippen molar-refractivity contribution in [1.82, 2.24) is 0 Å². The van der Waals surface area contributed by atoms with Crippen LogP contribution in [0.2, 0.25) is 0 Å². The van der Waals surface area contributed by atoms with Gasteiger partial charge in [0.2, 0.25) is 0 Å². The third-order valence-corrected chi connectivity index (χ3v) is 3.06. The lowest BCUT2D eigenvalue weighted by Crippen LogP contribution is -2.10. The molecule has 0 bridgehead atoms. The molecule has 0 aliphatic heterocycles. The van der Waals surface area contributed by atoms with Gasteiger partial charge in [-0.15, -0.1) is 0 Å². The van der Waals surface area contributed by atoms with Crippen LogP contribution in [0, 0.1) is 22.7 Å². The van der Waals surface area contributed by atoms with Gasteiger partial charge in [-0.1, -0.05) is 24.3 Å². The Morgan fingerprint density at radius 3 is 1.20 bits per heavy atom. The zero-order valence-corrected chi connectivity index (χ0v) is 10.6. The molecule has 0 radical (unpaired) electrons. The summed E-state index contributed by atoms with van der Waals surface area (Å²) < 4.78 is 0. The Hall–Kier alpha value is -2.66. The van der Waals surface area contributed by atoms with Gasteiger partial charge in [0.1, 0.15) is 12.2 Å². The van der Waals surface area contributed by atoms with E-state index in [0.717, 1.165) is 0 Å². The Morgan fingerprint density at radius 1 is 0.650 bits per heavy atom. The summed E-state index contributed by atoms with van der Waals surface area (Å²) in [5.41, 5.74) is 2.05. The highest BCUT2D eigenvalue weighted by Crippen LogP contribution is 2.28. The maximum atomic E-state index is 10.1. The summed E-state index contributed by atoms with van der Waals surface area (Å²) in [6.07, 6.45) is -2.17. The first kappa shape index (κ1) is 13.8. The molecule has 20 heavy (non-hydrogen) atoms. The van der Waals surface area contributed by atoms with Gasteiger partial charge in [0.25, 0.3) is 0 Å². The highest BCUT2D eigenvalue weighted by atomic mass is 16.3. The molecule has 0 aromatic heterocycles. The van der Waals surface area contributed by atoms with E-state index in [1.165, 1.54) is 0 Å². The van der Waals surface area contributed by atoms with E-state index in [2.05, 4.69) is 0 Å². The van der Waals surface area contributed by atoms with Gasteiger partial charge >= 0.3 is 0 Å². The van der Waals surface area contributed by atoms with Crippen LogP contribution in [0.1, 0.15) is 34.5 Å². The van der Waals surface area contributed by atoms with Crippen molar-refractivity contribution in [3.8, 4) is 12.1 Å². The number of hydrogen-bond donors (Lipinski definition) is 2. The lowest BCUT2D eigenvalue weighted by Gasteiger charge is -2.18. The van der Waals surface area contributed by atoms with Crippen molar-refractivity contribution >= 4 is 0 Å². The molecule has 4 heteroatoms. The minimum absolute atomic E-state index is 0.494. The molecule has 0 saturated heterocycles. The zero-order valence-electron chi connectivity index (χ0n) is 10.6. The van der Waals surface area contributed by atoms with Crippen molar-refractivity contribution in [2.45, 2.75) is 12.2 Å². The maximum absolute atomic E-state index is 10.1.